The Morgan fingerprint density at radius 2 is 0.849 bits per heavy atom. The molecular formula is C98H94N10O18. The van der Waals surface area contributed by atoms with Gasteiger partial charge in [0.1, 0.15) is 102 Å². The average Bonchev–Trinajstić information content (AvgIpc) is 1.58. The highest BCUT2D eigenvalue weighted by Gasteiger charge is 2.36. The number of imidazole rings is 3. The normalized spacial score (nSPS) is 17.1. The first kappa shape index (κ1) is 86.5. The summed E-state index contributed by atoms with van der Waals surface area (Å²) < 4.78 is 45.3. The third kappa shape index (κ3) is 20.6. The number of ether oxygens (including phenoxy) is 8. The first-order valence-corrected chi connectivity index (χ1v) is 41.8. The van der Waals surface area contributed by atoms with Crippen molar-refractivity contribution in [2.45, 2.75) is 121 Å². The fourth-order valence-corrected chi connectivity index (χ4v) is 15.7. The number of nitrogen functional groups attached to an aromatic ring is 2. The molecular weight excluding hydrogens is 1610 g/mol. The lowest BCUT2D eigenvalue weighted by Gasteiger charge is -2.17. The van der Waals surface area contributed by atoms with Crippen LogP contribution in [0.5, 0.6) is 23.0 Å². The summed E-state index contributed by atoms with van der Waals surface area (Å²) in [6.07, 6.45) is 8.39. The van der Waals surface area contributed by atoms with Crippen molar-refractivity contribution in [1.29, 1.82) is 0 Å². The van der Waals surface area contributed by atoms with Gasteiger partial charge in [0.2, 0.25) is 5.78 Å². The lowest BCUT2D eigenvalue weighted by molar-refractivity contribution is -0.383. The molecule has 5 unspecified atom stereocenters. The van der Waals surface area contributed by atoms with Crippen LogP contribution in [-0.4, -0.2) is 125 Å². The molecule has 21 rings (SSSR count). The number of aromatic nitrogens is 6. The number of anilines is 3. The van der Waals surface area contributed by atoms with Crippen LogP contribution in [0.2, 0.25) is 0 Å². The summed E-state index contributed by atoms with van der Waals surface area (Å²) in [5, 5.41) is 47.0. The van der Waals surface area contributed by atoms with Gasteiger partial charge in [-0.05, 0) is 80.9 Å². The first-order valence-electron chi connectivity index (χ1n) is 41.8. The molecule has 3 aromatic heterocycles. The molecule has 11 N–H and O–H groups in total. The quantitative estimate of drug-likeness (QED) is 0.0188. The van der Waals surface area contributed by atoms with Crippen molar-refractivity contribution in [3.63, 3.8) is 0 Å². The Morgan fingerprint density at radius 3 is 1.32 bits per heavy atom. The van der Waals surface area contributed by atoms with Crippen LogP contribution >= 0.6 is 0 Å². The molecule has 15 aromatic rings. The number of nitrogens with two attached hydrogens (primary N) is 2. The number of carboxylic acids is 2. The van der Waals surface area contributed by atoms with E-state index in [1.165, 1.54) is 6.07 Å². The number of H-pyrrole nitrogens is 3. The van der Waals surface area contributed by atoms with E-state index in [1.807, 2.05) is 164 Å². The Morgan fingerprint density at radius 1 is 0.460 bits per heavy atom. The molecule has 12 aromatic carbocycles. The number of nitro groups is 1. The average molecular weight is 1700 g/mol. The Labute approximate surface area is 723 Å². The van der Waals surface area contributed by atoms with Gasteiger partial charge in [0.15, 0.2) is 6.10 Å². The van der Waals surface area contributed by atoms with E-state index in [1.54, 1.807) is 36.4 Å². The van der Waals surface area contributed by atoms with Crippen molar-refractivity contribution in [1.82, 2.24) is 29.9 Å². The lowest BCUT2D eigenvalue weighted by Crippen LogP contribution is -2.27. The predicted molar refractivity (Wildman–Crippen MR) is 479 cm³/mol. The minimum absolute atomic E-state index is 0.0632. The maximum absolute atomic E-state index is 12.5. The van der Waals surface area contributed by atoms with Gasteiger partial charge >= 0.3 is 5.97 Å². The Hall–Kier alpha value is -14.4. The molecule has 5 aliphatic heterocycles. The highest BCUT2D eigenvalue weighted by atomic mass is 16.6. The van der Waals surface area contributed by atoms with E-state index in [0.29, 0.717) is 103 Å². The maximum Gasteiger partial charge on any atom is 0.332 e. The van der Waals surface area contributed by atoms with Crippen LogP contribution in [0.25, 0.3) is 76.4 Å². The van der Waals surface area contributed by atoms with Gasteiger partial charge in [-0.3, -0.25) is 29.3 Å². The number of nitro benzene ring substituents is 1. The maximum atomic E-state index is 12.5. The smallest absolute Gasteiger partial charge is 0.332 e. The fraction of sp³-hybridized carbons (Fsp3) is 0.245. The molecule has 1 aliphatic carbocycles. The van der Waals surface area contributed by atoms with Crippen molar-refractivity contribution in [3.8, 4) is 34.3 Å². The van der Waals surface area contributed by atoms with E-state index in [9.17, 15) is 34.4 Å². The topological polar surface area (TPSA) is 413 Å². The molecule has 5 fully saturated rings. The number of amides is 1. The molecule has 0 spiro atoms. The third-order valence-electron chi connectivity index (χ3n) is 21.9. The summed E-state index contributed by atoms with van der Waals surface area (Å²) in [5.74, 6) is 1.93. The number of fused-ring (bicyclic) bond motifs is 11. The number of aliphatic carboxylic acids is 2. The largest absolute Gasteiger partial charge is 0.507 e. The molecule has 28 nitrogen and oxygen atoms in total. The molecule has 5 saturated heterocycles. The summed E-state index contributed by atoms with van der Waals surface area (Å²) in [5.41, 5.74) is 22.2. The van der Waals surface area contributed by atoms with E-state index in [2.05, 4.69) is 60.6 Å². The zero-order chi connectivity index (χ0) is 87.6. The number of nitrogens with zero attached hydrogens (tertiary/aromatic N) is 4. The van der Waals surface area contributed by atoms with E-state index in [0.717, 1.165) is 172 Å². The number of carbonyl (C=O) groups is 5. The second-order valence-electron chi connectivity index (χ2n) is 30.6. The van der Waals surface area contributed by atoms with Crippen molar-refractivity contribution in [2.24, 2.45) is 0 Å². The Bertz CT molecular complexity index is 6390. The van der Waals surface area contributed by atoms with Crippen LogP contribution in [0.3, 0.4) is 0 Å². The first-order chi connectivity index (χ1) is 61.4. The van der Waals surface area contributed by atoms with Crippen LogP contribution in [0, 0.1) is 10.1 Å². The van der Waals surface area contributed by atoms with Gasteiger partial charge in [-0.25, -0.2) is 19.7 Å². The number of carbonyl (C=O) groups excluding carboxylic acids is 3. The second kappa shape index (κ2) is 40.7. The SMILES string of the molecule is CC(=O)O.Nc1c([N+](=O)[O-])cc(OCc2ccccc2)c2ccccc12.Nc1cc(OCc2ccccc2)c2ccccc2c1NC(=O)C1CCCO1.O=C(O)C1CCCO1.O=C1C(=O)c2[nH]c(C3CCCO3)nc2-c2ccccc21.Oc1cc2[nH]c(C3CCCO3)nc2c2ccccc12.c1ccc(COc2cc3[nH]c(C4CCCO4)nc3c3ccccc23)cc1. The number of carboxylic acid groups (broad SMARTS) is 2. The predicted octanol–water partition coefficient (Wildman–Crippen LogP) is 19.1. The summed E-state index contributed by atoms with van der Waals surface area (Å²) in [7, 11) is 0. The standard InChI is InChI=1S/C22H22N2O3.C22H20N2O2.C17H14N2O3.C15H12N2O3.C15H14N2O2.C5H8O3.C2H4O2/c23-18-13-20(27-14-15-7-2-1-3-8-15)16-9-4-5-10-17(16)21(18)24-22(25)19-11-6-12-26-19;1-2-7-15(8-3-1)14-26-20-13-18-21(17-10-5-4-9-16(17)20)24-22(23-18)19-11-6-12-25-19;18-17-14-9-5-4-8-13(14)16(10-15(17)19(20)21)22-11-12-6-2-1-3-7-12;18-13-9-5-2-1-4-8(9)11-12(14(13)19)17-15(16-11)10-6-3-7-20-10;18-12-8-11-14(10-5-2-1-4-9(10)12)17-15(16-11)13-6-3-7-19-13;6-5(7)4-2-1-3-8-4;1-2(3)4/h1-5,7-10,13,19H,6,11-12,14,23H2,(H,24,25);1-5,7-10,13,19H,6,11-12,14H2,(H,23,24);1-10H,11,18H2;1-2,4-5,10H,3,6-7H2,(H,16,17);1-2,4-5,8,13,18H,3,6-7H2,(H,16,17);4H,1-3H2,(H,6,7);1H3,(H,3,4). The number of phenolic OH excluding ortho intramolecular Hbond substituents is 1. The van der Waals surface area contributed by atoms with Crippen LogP contribution in [0.15, 0.2) is 237 Å². The summed E-state index contributed by atoms with van der Waals surface area (Å²) in [4.78, 5) is 90.2. The second-order valence-corrected chi connectivity index (χ2v) is 30.6. The monoisotopic (exact) mass is 1700 g/mol. The van der Waals surface area contributed by atoms with Crippen LogP contribution in [0.4, 0.5) is 22.7 Å². The molecule has 5 atom stereocenters. The molecule has 126 heavy (non-hydrogen) atoms. The van der Waals surface area contributed by atoms with Gasteiger partial charge in [0, 0.05) is 112 Å². The molecule has 0 bridgehead atoms. The number of benzene rings is 12. The van der Waals surface area contributed by atoms with E-state index >= 15 is 0 Å². The number of aromatic amines is 3. The van der Waals surface area contributed by atoms with Crippen molar-refractivity contribution < 1.29 is 82.1 Å². The third-order valence-corrected chi connectivity index (χ3v) is 21.9. The van der Waals surface area contributed by atoms with Crippen LogP contribution in [-0.2, 0) is 57.9 Å². The molecule has 1 amide bonds. The number of rotatable bonds is 16. The van der Waals surface area contributed by atoms with Gasteiger partial charge in [0.05, 0.1) is 44.4 Å². The highest BCUT2D eigenvalue weighted by molar-refractivity contribution is 6.52. The number of Topliss-reactive ketones (excluding diaryl/α,β-unsaturated/α-hetero) is 2. The molecule has 0 saturated carbocycles. The van der Waals surface area contributed by atoms with Crippen LogP contribution < -0.4 is 31.0 Å². The van der Waals surface area contributed by atoms with E-state index < -0.39 is 40.6 Å². The van der Waals surface area contributed by atoms with Gasteiger partial charge in [-0.2, -0.15) is 0 Å². The highest BCUT2D eigenvalue weighted by Crippen LogP contribution is 2.43. The van der Waals surface area contributed by atoms with Gasteiger partial charge < -0.3 is 85.0 Å². The summed E-state index contributed by atoms with van der Waals surface area (Å²) >= 11 is 0. The van der Waals surface area contributed by atoms with Crippen molar-refractivity contribution in [2.75, 3.05) is 49.8 Å². The number of ketones is 2. The number of hydrogen-bond donors (Lipinski definition) is 9. The van der Waals surface area contributed by atoms with E-state index in [4.69, 9.17) is 69.4 Å². The molecule has 28 heteroatoms. The number of hydrogen-bond acceptors (Lipinski definition) is 21. The zero-order valence-electron chi connectivity index (χ0n) is 69.0. The Balaban J connectivity index is 0.000000118. The Kier molecular flexibility index (Phi) is 28.0. The van der Waals surface area contributed by atoms with Gasteiger partial charge in [0.25, 0.3) is 23.3 Å². The van der Waals surface area contributed by atoms with Crippen molar-refractivity contribution >= 4 is 117 Å². The number of nitrogens with one attached hydrogen (secondary N) is 4. The molecule has 644 valence electrons. The minimum Gasteiger partial charge on any atom is -0.507 e. The molecule has 8 heterocycles. The minimum atomic E-state index is -0.833. The van der Waals surface area contributed by atoms with E-state index in [-0.39, 0.29) is 41.3 Å². The number of phenols is 1. The van der Waals surface area contributed by atoms with Gasteiger partial charge in [-0.1, -0.05) is 212 Å². The zero-order valence-corrected chi connectivity index (χ0v) is 69.0. The lowest BCUT2D eigenvalue weighted by atomic mass is 9.90. The molecule has 6 aliphatic rings. The molecule has 0 radical (unpaired) electrons. The van der Waals surface area contributed by atoms with Gasteiger partial charge in [-0.15, -0.1) is 0 Å². The van der Waals surface area contributed by atoms with Crippen molar-refractivity contribution in [3.05, 3.63) is 292 Å². The fourth-order valence-electron chi connectivity index (χ4n) is 15.7. The van der Waals surface area contributed by atoms with Crippen LogP contribution in [0.1, 0.15) is 144 Å². The summed E-state index contributed by atoms with van der Waals surface area (Å²) in [6.45, 7) is 5.97. The number of aromatic hydroxyl groups is 1. The summed E-state index contributed by atoms with van der Waals surface area (Å²) in [6, 6.07) is 74.9.